The molecule has 1 heterocycles. The summed E-state index contributed by atoms with van der Waals surface area (Å²) in [6.45, 7) is 6.37. The lowest BCUT2D eigenvalue weighted by Gasteiger charge is -2.27. The van der Waals surface area contributed by atoms with Crippen LogP contribution in [0.1, 0.15) is 43.7 Å². The summed E-state index contributed by atoms with van der Waals surface area (Å²) in [6.07, 6.45) is 2.35. The van der Waals surface area contributed by atoms with Crippen molar-refractivity contribution >= 4 is 15.9 Å². The zero-order valence-corrected chi connectivity index (χ0v) is 13.0. The maximum Gasteiger partial charge on any atom is 0.175 e. The minimum Gasteiger partial charge on any atom is -0.486 e. The molecule has 3 rings (SSSR count). The summed E-state index contributed by atoms with van der Waals surface area (Å²) in [4.78, 5) is 0. The Kier molecular flexibility index (Phi) is 3.26. The van der Waals surface area contributed by atoms with Crippen molar-refractivity contribution in [3.8, 4) is 11.5 Å². The Hall–Kier alpha value is -0.740. The van der Waals surface area contributed by atoms with Crippen molar-refractivity contribution in [2.24, 2.45) is 5.73 Å². The van der Waals surface area contributed by atoms with Crippen LogP contribution >= 0.6 is 15.9 Å². The molecule has 4 heteroatoms. The van der Waals surface area contributed by atoms with Crippen LogP contribution in [0.2, 0.25) is 0 Å². The van der Waals surface area contributed by atoms with E-state index in [1.807, 2.05) is 0 Å². The van der Waals surface area contributed by atoms with E-state index >= 15 is 0 Å². The number of halogens is 1. The van der Waals surface area contributed by atoms with Crippen LogP contribution in [0.25, 0.3) is 0 Å². The van der Waals surface area contributed by atoms with Gasteiger partial charge in [-0.25, -0.2) is 0 Å². The zero-order chi connectivity index (χ0) is 13.6. The molecule has 2 N–H and O–H groups in total. The maximum absolute atomic E-state index is 6.01. The van der Waals surface area contributed by atoms with E-state index in [1.54, 1.807) is 0 Å². The Morgan fingerprint density at radius 3 is 2.58 bits per heavy atom. The van der Waals surface area contributed by atoms with Gasteiger partial charge in [0.05, 0.1) is 4.47 Å². The summed E-state index contributed by atoms with van der Waals surface area (Å²) in [5.74, 6) is 2.15. The van der Waals surface area contributed by atoms with E-state index in [9.17, 15) is 0 Å². The minimum absolute atomic E-state index is 0.165. The molecule has 19 heavy (non-hydrogen) atoms. The predicted molar refractivity (Wildman–Crippen MR) is 79.2 cm³/mol. The fourth-order valence-electron chi connectivity index (χ4n) is 2.90. The lowest BCUT2D eigenvalue weighted by Crippen LogP contribution is -2.24. The maximum atomic E-state index is 6.01. The summed E-state index contributed by atoms with van der Waals surface area (Å²) in [6, 6.07) is 2.16. The third-order valence-electron chi connectivity index (χ3n) is 4.21. The Labute approximate surface area is 122 Å². The van der Waals surface area contributed by atoms with E-state index in [4.69, 9.17) is 15.2 Å². The molecule has 1 aliphatic carbocycles. The first-order chi connectivity index (χ1) is 9.09. The van der Waals surface area contributed by atoms with Crippen molar-refractivity contribution in [2.75, 3.05) is 19.8 Å². The molecule has 0 unspecified atom stereocenters. The Balaban J connectivity index is 2.20. The first-order valence-electron chi connectivity index (χ1n) is 6.91. The molecule has 0 saturated heterocycles. The van der Waals surface area contributed by atoms with E-state index in [0.717, 1.165) is 16.0 Å². The normalized spacial score (nSPS) is 19.6. The Bertz CT molecular complexity index is 509. The third-order valence-corrected chi connectivity index (χ3v) is 4.99. The number of hydrogen-bond donors (Lipinski definition) is 1. The number of benzene rings is 1. The van der Waals surface area contributed by atoms with Gasteiger partial charge in [-0.1, -0.05) is 13.8 Å². The van der Waals surface area contributed by atoms with Crippen LogP contribution < -0.4 is 15.2 Å². The van der Waals surface area contributed by atoms with Gasteiger partial charge in [-0.05, 0) is 51.9 Å². The minimum atomic E-state index is 0.165. The number of ether oxygens (including phenoxy) is 2. The highest BCUT2D eigenvalue weighted by Gasteiger charge is 2.46. The SMILES string of the molecule is CC(C)c1c(C2(CN)CC2)cc2c(c1Br)OCCO2. The number of nitrogens with two attached hydrogens (primary N) is 1. The molecule has 0 amide bonds. The van der Waals surface area contributed by atoms with Crippen molar-refractivity contribution in [3.63, 3.8) is 0 Å². The number of hydrogen-bond acceptors (Lipinski definition) is 3. The highest BCUT2D eigenvalue weighted by atomic mass is 79.9. The second-order valence-corrected chi connectivity index (χ2v) is 6.61. The van der Waals surface area contributed by atoms with Crippen LogP contribution in [0.15, 0.2) is 10.5 Å². The quantitative estimate of drug-likeness (QED) is 0.927. The summed E-state index contributed by atoms with van der Waals surface area (Å²) in [7, 11) is 0. The average Bonchev–Trinajstić information content (AvgIpc) is 3.19. The van der Waals surface area contributed by atoms with E-state index in [0.29, 0.717) is 25.7 Å². The topological polar surface area (TPSA) is 44.5 Å². The van der Waals surface area contributed by atoms with Crippen molar-refractivity contribution < 1.29 is 9.47 Å². The van der Waals surface area contributed by atoms with Gasteiger partial charge < -0.3 is 15.2 Å². The van der Waals surface area contributed by atoms with Gasteiger partial charge in [-0.3, -0.25) is 0 Å². The van der Waals surface area contributed by atoms with Crippen molar-refractivity contribution in [1.82, 2.24) is 0 Å². The molecule has 104 valence electrons. The molecule has 1 saturated carbocycles. The standard InChI is InChI=1S/C15H20BrNO2/c1-9(2)12-10(15(8-17)3-4-15)7-11-14(13(12)16)19-6-5-18-11/h7,9H,3-6,8,17H2,1-2H3. The summed E-state index contributed by atoms with van der Waals surface area (Å²) in [5, 5.41) is 0. The lowest BCUT2D eigenvalue weighted by atomic mass is 9.86. The molecule has 0 atom stereocenters. The summed E-state index contributed by atoms with van der Waals surface area (Å²) >= 11 is 3.72. The zero-order valence-electron chi connectivity index (χ0n) is 11.5. The molecule has 0 radical (unpaired) electrons. The fraction of sp³-hybridized carbons (Fsp3) is 0.600. The largest absolute Gasteiger partial charge is 0.486 e. The van der Waals surface area contributed by atoms with Crippen LogP contribution in [0, 0.1) is 0 Å². The van der Waals surface area contributed by atoms with Gasteiger partial charge in [0, 0.05) is 12.0 Å². The van der Waals surface area contributed by atoms with Crippen molar-refractivity contribution in [1.29, 1.82) is 0 Å². The van der Waals surface area contributed by atoms with Gasteiger partial charge in [0.25, 0.3) is 0 Å². The molecule has 1 fully saturated rings. The molecular formula is C15H20BrNO2. The van der Waals surface area contributed by atoms with E-state index in [-0.39, 0.29) is 5.41 Å². The highest BCUT2D eigenvalue weighted by molar-refractivity contribution is 9.10. The summed E-state index contributed by atoms with van der Waals surface area (Å²) in [5.41, 5.74) is 8.85. The van der Waals surface area contributed by atoms with Crippen LogP contribution in [0.4, 0.5) is 0 Å². The molecule has 2 aliphatic rings. The molecule has 0 aromatic heterocycles. The van der Waals surface area contributed by atoms with Crippen LogP contribution in [0.3, 0.4) is 0 Å². The van der Waals surface area contributed by atoms with Gasteiger partial charge in [-0.2, -0.15) is 0 Å². The van der Waals surface area contributed by atoms with Gasteiger partial charge in [0.2, 0.25) is 0 Å². The number of fused-ring (bicyclic) bond motifs is 1. The Morgan fingerprint density at radius 1 is 1.32 bits per heavy atom. The Morgan fingerprint density at radius 2 is 2.00 bits per heavy atom. The van der Waals surface area contributed by atoms with E-state index in [1.165, 1.54) is 24.0 Å². The van der Waals surface area contributed by atoms with Gasteiger partial charge in [0.15, 0.2) is 11.5 Å². The molecule has 0 bridgehead atoms. The van der Waals surface area contributed by atoms with Gasteiger partial charge in [0.1, 0.15) is 13.2 Å². The second-order valence-electron chi connectivity index (χ2n) is 5.82. The fourth-order valence-corrected chi connectivity index (χ4v) is 3.88. The molecule has 0 spiro atoms. The molecular weight excluding hydrogens is 306 g/mol. The van der Waals surface area contributed by atoms with Crippen LogP contribution in [-0.2, 0) is 5.41 Å². The third kappa shape index (κ3) is 2.05. The molecule has 1 aliphatic heterocycles. The first kappa shape index (κ1) is 13.3. The lowest BCUT2D eigenvalue weighted by molar-refractivity contribution is 0.169. The monoisotopic (exact) mass is 325 g/mol. The molecule has 1 aromatic rings. The van der Waals surface area contributed by atoms with Crippen molar-refractivity contribution in [3.05, 3.63) is 21.7 Å². The van der Waals surface area contributed by atoms with Crippen molar-refractivity contribution in [2.45, 2.75) is 38.0 Å². The van der Waals surface area contributed by atoms with Gasteiger partial charge in [-0.15, -0.1) is 0 Å². The average molecular weight is 326 g/mol. The number of rotatable bonds is 3. The van der Waals surface area contributed by atoms with Crippen LogP contribution in [-0.4, -0.2) is 19.8 Å². The predicted octanol–water partition coefficient (Wildman–Crippen LogP) is 3.33. The first-order valence-corrected chi connectivity index (χ1v) is 7.71. The molecule has 3 nitrogen and oxygen atoms in total. The smallest absolute Gasteiger partial charge is 0.175 e. The van der Waals surface area contributed by atoms with E-state index in [2.05, 4.69) is 35.8 Å². The molecule has 1 aromatic carbocycles. The second kappa shape index (κ2) is 4.67. The van der Waals surface area contributed by atoms with Gasteiger partial charge >= 0.3 is 0 Å². The summed E-state index contributed by atoms with van der Waals surface area (Å²) < 4.78 is 12.6. The van der Waals surface area contributed by atoms with Crippen LogP contribution in [0.5, 0.6) is 11.5 Å². The van der Waals surface area contributed by atoms with E-state index < -0.39 is 0 Å². The highest BCUT2D eigenvalue weighted by Crippen LogP contribution is 2.54.